The zero-order valence-electron chi connectivity index (χ0n) is 18.0. The zero-order valence-corrected chi connectivity index (χ0v) is 18.0. The van der Waals surface area contributed by atoms with Crippen LogP contribution < -0.4 is 5.32 Å². The molecule has 3 aromatic rings. The Morgan fingerprint density at radius 3 is 2.03 bits per heavy atom. The van der Waals surface area contributed by atoms with Crippen LogP contribution in [-0.4, -0.2) is 15.1 Å². The summed E-state index contributed by atoms with van der Waals surface area (Å²) in [6.07, 6.45) is 0. The second kappa shape index (κ2) is 9.17. The van der Waals surface area contributed by atoms with Gasteiger partial charge in [0.05, 0.1) is 11.0 Å². The average molecular weight is 409 g/mol. The molecule has 0 saturated carbocycles. The fourth-order valence-corrected chi connectivity index (χ4v) is 3.35. The standard InChI is InChI=1S/C23H28N4O3/c1-14(2)17-6-8-18(9-7-17)21(15(3)4)24-16(5)22-25-26-23(30-22)19-10-12-20(13-11-19)27(28)29/h6-16,21,24H,1-5H3/t16-,21+/m1/s1. The van der Waals surface area contributed by atoms with Crippen molar-refractivity contribution in [1.29, 1.82) is 0 Å². The largest absolute Gasteiger partial charge is 0.419 e. The van der Waals surface area contributed by atoms with E-state index in [1.165, 1.54) is 23.3 Å². The minimum Gasteiger partial charge on any atom is -0.419 e. The lowest BCUT2D eigenvalue weighted by molar-refractivity contribution is -0.384. The van der Waals surface area contributed by atoms with Crippen molar-refractivity contribution >= 4 is 5.69 Å². The Morgan fingerprint density at radius 1 is 0.900 bits per heavy atom. The van der Waals surface area contributed by atoms with E-state index in [0.29, 0.717) is 29.2 Å². The summed E-state index contributed by atoms with van der Waals surface area (Å²) in [5.74, 6) is 1.69. The molecule has 158 valence electrons. The second-order valence-corrected chi connectivity index (χ2v) is 8.18. The smallest absolute Gasteiger partial charge is 0.269 e. The summed E-state index contributed by atoms with van der Waals surface area (Å²) in [4.78, 5) is 10.4. The third-order valence-corrected chi connectivity index (χ3v) is 5.19. The van der Waals surface area contributed by atoms with Gasteiger partial charge in [0.1, 0.15) is 0 Å². The molecule has 0 radical (unpaired) electrons. The number of nitro benzene ring substituents is 1. The maximum absolute atomic E-state index is 10.8. The zero-order chi connectivity index (χ0) is 21.8. The van der Waals surface area contributed by atoms with E-state index in [1.54, 1.807) is 12.1 Å². The molecule has 1 N–H and O–H groups in total. The van der Waals surface area contributed by atoms with Gasteiger partial charge in [-0.1, -0.05) is 52.0 Å². The maximum atomic E-state index is 10.8. The van der Waals surface area contributed by atoms with Crippen LogP contribution in [0.1, 0.15) is 69.6 Å². The fourth-order valence-electron chi connectivity index (χ4n) is 3.35. The van der Waals surface area contributed by atoms with E-state index >= 15 is 0 Å². The molecule has 0 bridgehead atoms. The molecule has 1 heterocycles. The lowest BCUT2D eigenvalue weighted by atomic mass is 9.93. The number of rotatable bonds is 8. The molecule has 1 aromatic heterocycles. The SMILES string of the molecule is CC(C)c1ccc([C@@H](N[C@H](C)c2nnc(-c3ccc([N+](=O)[O-])cc3)o2)C(C)C)cc1. The predicted octanol–water partition coefficient (Wildman–Crippen LogP) is 5.82. The van der Waals surface area contributed by atoms with Gasteiger partial charge < -0.3 is 4.42 Å². The molecule has 0 aliphatic carbocycles. The Morgan fingerprint density at radius 2 is 1.50 bits per heavy atom. The van der Waals surface area contributed by atoms with Crippen LogP contribution in [0, 0.1) is 16.0 Å². The Hall–Kier alpha value is -3.06. The quantitative estimate of drug-likeness (QED) is 0.373. The normalized spacial score (nSPS) is 13.6. The van der Waals surface area contributed by atoms with Crippen molar-refractivity contribution in [3.63, 3.8) is 0 Å². The van der Waals surface area contributed by atoms with Crippen molar-refractivity contribution in [3.8, 4) is 11.5 Å². The van der Waals surface area contributed by atoms with Gasteiger partial charge in [0.25, 0.3) is 5.69 Å². The van der Waals surface area contributed by atoms with Crippen LogP contribution in [0.4, 0.5) is 5.69 Å². The van der Waals surface area contributed by atoms with Crippen molar-refractivity contribution in [2.45, 2.75) is 52.6 Å². The number of hydrogen-bond donors (Lipinski definition) is 1. The Balaban J connectivity index is 1.75. The molecule has 3 rings (SSSR count). The van der Waals surface area contributed by atoms with Gasteiger partial charge in [-0.05, 0) is 42.0 Å². The van der Waals surface area contributed by atoms with Crippen molar-refractivity contribution in [2.24, 2.45) is 5.92 Å². The summed E-state index contributed by atoms with van der Waals surface area (Å²) in [6.45, 7) is 10.7. The van der Waals surface area contributed by atoms with Crippen LogP contribution in [-0.2, 0) is 0 Å². The molecular formula is C23H28N4O3. The van der Waals surface area contributed by atoms with E-state index in [2.05, 4.69) is 67.5 Å². The summed E-state index contributed by atoms with van der Waals surface area (Å²) in [5, 5.41) is 22.7. The minimum absolute atomic E-state index is 0.0248. The van der Waals surface area contributed by atoms with Gasteiger partial charge in [0.2, 0.25) is 11.8 Å². The molecule has 30 heavy (non-hydrogen) atoms. The molecule has 0 aliphatic heterocycles. The van der Waals surface area contributed by atoms with E-state index in [4.69, 9.17) is 4.42 Å². The van der Waals surface area contributed by atoms with Gasteiger partial charge in [-0.3, -0.25) is 15.4 Å². The minimum atomic E-state index is -0.436. The number of nitro groups is 1. The van der Waals surface area contributed by atoms with Crippen LogP contribution in [0.25, 0.3) is 11.5 Å². The van der Waals surface area contributed by atoms with E-state index < -0.39 is 4.92 Å². The number of benzene rings is 2. The summed E-state index contributed by atoms with van der Waals surface area (Å²) >= 11 is 0. The Bertz CT molecular complexity index is 978. The van der Waals surface area contributed by atoms with Crippen LogP contribution in [0.5, 0.6) is 0 Å². The first-order valence-corrected chi connectivity index (χ1v) is 10.2. The molecule has 2 atom stereocenters. The first-order chi connectivity index (χ1) is 14.3. The number of non-ortho nitro benzene ring substituents is 1. The Kier molecular flexibility index (Phi) is 6.62. The van der Waals surface area contributed by atoms with Crippen molar-refractivity contribution in [1.82, 2.24) is 15.5 Å². The maximum Gasteiger partial charge on any atom is 0.269 e. The highest BCUT2D eigenvalue weighted by Gasteiger charge is 2.22. The van der Waals surface area contributed by atoms with Crippen LogP contribution in [0.3, 0.4) is 0 Å². The first kappa shape index (κ1) is 21.6. The summed E-state index contributed by atoms with van der Waals surface area (Å²) in [7, 11) is 0. The number of aromatic nitrogens is 2. The van der Waals surface area contributed by atoms with E-state index in [-0.39, 0.29) is 17.8 Å². The number of nitrogens with one attached hydrogen (secondary N) is 1. The molecule has 7 heteroatoms. The van der Waals surface area contributed by atoms with Crippen LogP contribution in [0.2, 0.25) is 0 Å². The van der Waals surface area contributed by atoms with Crippen molar-refractivity contribution in [2.75, 3.05) is 0 Å². The number of nitrogens with zero attached hydrogens (tertiary/aromatic N) is 3. The molecule has 0 saturated heterocycles. The van der Waals surface area contributed by atoms with Crippen LogP contribution >= 0.6 is 0 Å². The van der Waals surface area contributed by atoms with Gasteiger partial charge in [0, 0.05) is 23.7 Å². The van der Waals surface area contributed by atoms with Gasteiger partial charge in [-0.15, -0.1) is 10.2 Å². The van der Waals surface area contributed by atoms with Crippen molar-refractivity contribution < 1.29 is 9.34 Å². The topological polar surface area (TPSA) is 94.1 Å². The number of hydrogen-bond acceptors (Lipinski definition) is 6. The third-order valence-electron chi connectivity index (χ3n) is 5.19. The summed E-state index contributed by atoms with van der Waals surface area (Å²) < 4.78 is 5.84. The van der Waals surface area contributed by atoms with Gasteiger partial charge >= 0.3 is 0 Å². The summed E-state index contributed by atoms with van der Waals surface area (Å²) in [5.41, 5.74) is 3.21. The molecule has 2 aromatic carbocycles. The average Bonchev–Trinajstić information content (AvgIpc) is 3.22. The van der Waals surface area contributed by atoms with Gasteiger partial charge in [-0.25, -0.2) is 0 Å². The monoisotopic (exact) mass is 408 g/mol. The van der Waals surface area contributed by atoms with Crippen LogP contribution in [0.15, 0.2) is 52.9 Å². The van der Waals surface area contributed by atoms with E-state index in [9.17, 15) is 10.1 Å². The third kappa shape index (κ3) is 4.91. The van der Waals surface area contributed by atoms with Gasteiger partial charge in [0.15, 0.2) is 0 Å². The van der Waals surface area contributed by atoms with E-state index in [1.807, 2.05) is 6.92 Å². The highest BCUT2D eigenvalue weighted by molar-refractivity contribution is 5.55. The molecule has 0 unspecified atom stereocenters. The summed E-state index contributed by atoms with van der Waals surface area (Å²) in [6, 6.07) is 14.8. The second-order valence-electron chi connectivity index (χ2n) is 8.18. The van der Waals surface area contributed by atoms with Gasteiger partial charge in [-0.2, -0.15) is 0 Å². The molecule has 0 spiro atoms. The molecule has 0 fully saturated rings. The Labute approximate surface area is 176 Å². The lowest BCUT2D eigenvalue weighted by Crippen LogP contribution is -2.28. The highest BCUT2D eigenvalue weighted by Crippen LogP contribution is 2.28. The first-order valence-electron chi connectivity index (χ1n) is 10.2. The van der Waals surface area contributed by atoms with E-state index in [0.717, 1.165) is 0 Å². The van der Waals surface area contributed by atoms with Crippen molar-refractivity contribution in [3.05, 3.63) is 75.7 Å². The molecule has 7 nitrogen and oxygen atoms in total. The molecular weight excluding hydrogens is 380 g/mol. The lowest BCUT2D eigenvalue weighted by Gasteiger charge is -2.26. The highest BCUT2D eigenvalue weighted by atomic mass is 16.6. The fraction of sp³-hybridized carbons (Fsp3) is 0.391. The molecule has 0 amide bonds. The predicted molar refractivity (Wildman–Crippen MR) is 116 cm³/mol. The molecule has 0 aliphatic rings.